The van der Waals surface area contributed by atoms with E-state index >= 15 is 0 Å². The van der Waals surface area contributed by atoms with Crippen LogP contribution in [0.4, 0.5) is 0 Å². The molecule has 0 unspecified atom stereocenters. The molecular formula is C22H24FP. The lowest BCUT2D eigenvalue weighted by molar-refractivity contribution is -0.00000454. The van der Waals surface area contributed by atoms with Gasteiger partial charge in [0, 0.05) is 0 Å². The molecule has 0 aromatic heterocycles. The van der Waals surface area contributed by atoms with Gasteiger partial charge in [0.05, 0.1) is 6.16 Å². The fraction of sp³-hybridized carbons (Fsp3) is 0.182. The summed E-state index contributed by atoms with van der Waals surface area (Å²) >= 11 is 0. The Hall–Kier alpha value is -1.98. The van der Waals surface area contributed by atoms with Crippen LogP contribution in [-0.4, -0.2) is 6.16 Å². The predicted octanol–water partition coefficient (Wildman–Crippen LogP) is 1.78. The fourth-order valence-electron chi connectivity index (χ4n) is 3.28. The molecule has 0 aliphatic carbocycles. The minimum Gasteiger partial charge on any atom is -1.00 e. The summed E-state index contributed by atoms with van der Waals surface area (Å²) in [4.78, 5) is 0. The van der Waals surface area contributed by atoms with Crippen molar-refractivity contribution in [3.05, 3.63) is 91.0 Å². The van der Waals surface area contributed by atoms with Crippen LogP contribution in [0.5, 0.6) is 0 Å². The summed E-state index contributed by atoms with van der Waals surface area (Å²) in [5.74, 6) is 0. The van der Waals surface area contributed by atoms with Gasteiger partial charge in [-0.3, -0.25) is 0 Å². The van der Waals surface area contributed by atoms with E-state index in [9.17, 15) is 0 Å². The monoisotopic (exact) mass is 338 g/mol. The van der Waals surface area contributed by atoms with Crippen molar-refractivity contribution < 1.29 is 4.70 Å². The predicted molar refractivity (Wildman–Crippen MR) is 105 cm³/mol. The van der Waals surface area contributed by atoms with Crippen molar-refractivity contribution in [1.82, 2.24) is 0 Å². The molecule has 124 valence electrons. The van der Waals surface area contributed by atoms with Gasteiger partial charge in [0.1, 0.15) is 23.2 Å². The second kappa shape index (κ2) is 8.76. The molecule has 0 saturated heterocycles. The van der Waals surface area contributed by atoms with Gasteiger partial charge in [-0.05, 0) is 42.8 Å². The SMILES string of the molecule is CCCC[P+](c1ccccc1)(c1ccccc1)c1ccccc1.[F-]. The zero-order valence-electron chi connectivity index (χ0n) is 14.1. The molecule has 0 radical (unpaired) electrons. The van der Waals surface area contributed by atoms with Crippen LogP contribution in [-0.2, 0) is 0 Å². The number of hydrogen-bond acceptors (Lipinski definition) is 0. The van der Waals surface area contributed by atoms with E-state index in [4.69, 9.17) is 0 Å². The highest BCUT2D eigenvalue weighted by Crippen LogP contribution is 2.55. The topological polar surface area (TPSA) is 0 Å². The van der Waals surface area contributed by atoms with Gasteiger partial charge >= 0.3 is 0 Å². The number of halogens is 1. The molecule has 0 aliphatic heterocycles. The standard InChI is InChI=1S/C22H24P.FH/c1-2-3-19-23(20-13-7-4-8-14-20,21-15-9-5-10-16-21)22-17-11-6-12-18-22;/h4-18H,2-3,19H2,1H3;1H/q+1;/p-1. The molecule has 3 aromatic rings. The zero-order valence-corrected chi connectivity index (χ0v) is 15.0. The Morgan fingerprint density at radius 2 is 0.917 bits per heavy atom. The molecule has 3 rings (SSSR count). The molecule has 24 heavy (non-hydrogen) atoms. The zero-order chi connectivity index (χ0) is 16.0. The first-order chi connectivity index (χ1) is 11.4. The average Bonchev–Trinajstić information content (AvgIpc) is 2.65. The van der Waals surface area contributed by atoms with E-state index in [2.05, 4.69) is 97.9 Å². The largest absolute Gasteiger partial charge is 1.00 e. The molecular weight excluding hydrogens is 314 g/mol. The summed E-state index contributed by atoms with van der Waals surface area (Å²) in [5.41, 5.74) is 0. The van der Waals surface area contributed by atoms with Crippen LogP contribution in [0.2, 0.25) is 0 Å². The van der Waals surface area contributed by atoms with Crippen LogP contribution in [0, 0.1) is 0 Å². The summed E-state index contributed by atoms with van der Waals surface area (Å²) < 4.78 is 0. The summed E-state index contributed by atoms with van der Waals surface area (Å²) in [6.45, 7) is 2.29. The Balaban J connectivity index is 0.00000208. The minimum atomic E-state index is -1.57. The van der Waals surface area contributed by atoms with Crippen molar-refractivity contribution >= 4 is 23.2 Å². The van der Waals surface area contributed by atoms with Crippen LogP contribution in [0.3, 0.4) is 0 Å². The Labute approximate surface area is 145 Å². The van der Waals surface area contributed by atoms with Crippen molar-refractivity contribution in [2.24, 2.45) is 0 Å². The molecule has 0 saturated carbocycles. The maximum absolute atomic E-state index is 2.32. The van der Waals surface area contributed by atoms with E-state index in [-0.39, 0.29) is 4.70 Å². The molecule has 0 aliphatic rings. The lowest BCUT2D eigenvalue weighted by Crippen LogP contribution is -3.00. The van der Waals surface area contributed by atoms with E-state index in [1.807, 2.05) is 0 Å². The van der Waals surface area contributed by atoms with E-state index < -0.39 is 7.26 Å². The maximum Gasteiger partial charge on any atom is 0.112 e. The molecule has 0 N–H and O–H groups in total. The highest BCUT2D eigenvalue weighted by Gasteiger charge is 2.44. The van der Waals surface area contributed by atoms with Crippen LogP contribution in [0.1, 0.15) is 19.8 Å². The second-order valence-electron chi connectivity index (χ2n) is 5.89. The Morgan fingerprint density at radius 3 is 1.21 bits per heavy atom. The molecule has 2 heteroatoms. The molecule has 0 nitrogen and oxygen atoms in total. The number of hydrogen-bond donors (Lipinski definition) is 0. The molecule has 3 aromatic carbocycles. The van der Waals surface area contributed by atoms with Crippen LogP contribution in [0.15, 0.2) is 91.0 Å². The van der Waals surface area contributed by atoms with Crippen LogP contribution in [0.25, 0.3) is 0 Å². The second-order valence-corrected chi connectivity index (χ2v) is 9.51. The lowest BCUT2D eigenvalue weighted by atomic mass is 10.3. The Bertz CT molecular complexity index is 614. The van der Waals surface area contributed by atoms with E-state index in [1.54, 1.807) is 0 Å². The van der Waals surface area contributed by atoms with Gasteiger partial charge in [-0.15, -0.1) is 0 Å². The van der Waals surface area contributed by atoms with E-state index in [0.717, 1.165) is 0 Å². The molecule has 0 atom stereocenters. The first-order valence-electron chi connectivity index (χ1n) is 8.43. The minimum absolute atomic E-state index is 0. The highest BCUT2D eigenvalue weighted by atomic mass is 31.2. The maximum atomic E-state index is 2.32. The van der Waals surface area contributed by atoms with Gasteiger partial charge in [0.15, 0.2) is 0 Å². The summed E-state index contributed by atoms with van der Waals surface area (Å²) in [6, 6.07) is 33.4. The van der Waals surface area contributed by atoms with Crippen molar-refractivity contribution in [2.75, 3.05) is 6.16 Å². The van der Waals surface area contributed by atoms with Crippen molar-refractivity contribution in [3.8, 4) is 0 Å². The Morgan fingerprint density at radius 1 is 0.583 bits per heavy atom. The smallest absolute Gasteiger partial charge is 0.112 e. The van der Waals surface area contributed by atoms with Gasteiger partial charge in [-0.1, -0.05) is 67.9 Å². The first kappa shape index (κ1) is 18.4. The molecule has 0 amide bonds. The van der Waals surface area contributed by atoms with Gasteiger partial charge in [-0.25, -0.2) is 0 Å². The highest BCUT2D eigenvalue weighted by molar-refractivity contribution is 7.95. The number of benzene rings is 3. The summed E-state index contributed by atoms with van der Waals surface area (Å²) in [6.07, 6.45) is 3.72. The van der Waals surface area contributed by atoms with E-state index in [0.29, 0.717) is 0 Å². The molecule has 0 bridgehead atoms. The summed E-state index contributed by atoms with van der Waals surface area (Å²) in [5, 5.41) is 4.47. The van der Waals surface area contributed by atoms with Gasteiger partial charge in [-0.2, -0.15) is 0 Å². The average molecular weight is 338 g/mol. The number of unbranched alkanes of at least 4 members (excludes halogenated alkanes) is 1. The quantitative estimate of drug-likeness (QED) is 0.601. The van der Waals surface area contributed by atoms with Crippen molar-refractivity contribution in [2.45, 2.75) is 19.8 Å². The number of rotatable bonds is 6. The molecule has 0 heterocycles. The van der Waals surface area contributed by atoms with Crippen LogP contribution < -0.4 is 20.6 Å². The Kier molecular flexibility index (Phi) is 6.70. The normalized spacial score (nSPS) is 10.9. The van der Waals surface area contributed by atoms with Crippen molar-refractivity contribution in [1.29, 1.82) is 0 Å². The first-order valence-corrected chi connectivity index (χ1v) is 10.4. The third-order valence-corrected chi connectivity index (χ3v) is 8.96. The molecule has 0 fully saturated rings. The molecule has 0 spiro atoms. The van der Waals surface area contributed by atoms with Gasteiger partial charge in [0.2, 0.25) is 0 Å². The fourth-order valence-corrected chi connectivity index (χ4v) is 7.78. The van der Waals surface area contributed by atoms with Crippen molar-refractivity contribution in [3.63, 3.8) is 0 Å². The lowest BCUT2D eigenvalue weighted by Gasteiger charge is -2.27. The van der Waals surface area contributed by atoms with Gasteiger partial charge in [0.25, 0.3) is 0 Å². The third-order valence-electron chi connectivity index (χ3n) is 4.44. The van der Waals surface area contributed by atoms with E-state index in [1.165, 1.54) is 34.9 Å². The van der Waals surface area contributed by atoms with Gasteiger partial charge < -0.3 is 4.70 Å². The third kappa shape index (κ3) is 3.57. The van der Waals surface area contributed by atoms with Crippen LogP contribution >= 0.6 is 7.26 Å². The summed E-state index contributed by atoms with van der Waals surface area (Å²) in [7, 11) is -1.57.